The van der Waals surface area contributed by atoms with Crippen molar-refractivity contribution in [2.45, 2.75) is 39.1 Å². The summed E-state index contributed by atoms with van der Waals surface area (Å²) in [4.78, 5) is 12.8. The predicted octanol–water partition coefficient (Wildman–Crippen LogP) is 4.65. The minimum atomic E-state index is -0.788. The monoisotopic (exact) mass is 507 g/mol. The van der Waals surface area contributed by atoms with Gasteiger partial charge < -0.3 is 25.4 Å². The van der Waals surface area contributed by atoms with Crippen LogP contribution in [0.1, 0.15) is 35.4 Å². The summed E-state index contributed by atoms with van der Waals surface area (Å²) in [5.74, 6) is -1.88. The van der Waals surface area contributed by atoms with E-state index in [-0.39, 0.29) is 23.9 Å². The van der Waals surface area contributed by atoms with Crippen molar-refractivity contribution in [2.24, 2.45) is 0 Å². The molecule has 0 saturated carbocycles. The maximum Gasteiger partial charge on any atom is 0.270 e. The van der Waals surface area contributed by atoms with Crippen LogP contribution in [0.3, 0.4) is 0 Å². The Morgan fingerprint density at radius 2 is 1.84 bits per heavy atom. The average molecular weight is 508 g/mol. The summed E-state index contributed by atoms with van der Waals surface area (Å²) in [6, 6.07) is 19.7. The first-order chi connectivity index (χ1) is 17.9. The Bertz CT molecular complexity index is 1230. The molecule has 37 heavy (non-hydrogen) atoms. The van der Waals surface area contributed by atoms with Crippen LogP contribution in [-0.4, -0.2) is 25.1 Å². The fraction of sp³-hybridized carbons (Fsp3) is 0.276. The maximum absolute atomic E-state index is 14.5. The zero-order valence-corrected chi connectivity index (χ0v) is 20.9. The van der Waals surface area contributed by atoms with E-state index in [1.54, 1.807) is 6.92 Å². The molecular weight excluding hydrogens is 476 g/mol. The summed E-state index contributed by atoms with van der Waals surface area (Å²) >= 11 is 0. The van der Waals surface area contributed by atoms with Gasteiger partial charge in [-0.1, -0.05) is 61.5 Å². The number of benzene rings is 3. The van der Waals surface area contributed by atoms with Gasteiger partial charge in [0, 0.05) is 24.7 Å². The van der Waals surface area contributed by atoms with Gasteiger partial charge in [0.2, 0.25) is 0 Å². The summed E-state index contributed by atoms with van der Waals surface area (Å²) in [7, 11) is 0. The second kappa shape index (κ2) is 12.4. The molecule has 1 heterocycles. The molecule has 1 aliphatic rings. The highest BCUT2D eigenvalue weighted by molar-refractivity contribution is 5.92. The Morgan fingerprint density at radius 3 is 2.59 bits per heavy atom. The molecule has 2 atom stereocenters. The lowest BCUT2D eigenvalue weighted by Gasteiger charge is -2.22. The number of amides is 1. The van der Waals surface area contributed by atoms with Gasteiger partial charge in [0.1, 0.15) is 23.9 Å². The van der Waals surface area contributed by atoms with Crippen molar-refractivity contribution in [1.29, 1.82) is 0 Å². The summed E-state index contributed by atoms with van der Waals surface area (Å²) in [5.41, 5.74) is 3.85. The number of aryl methyl sites for hydroxylation is 2. The van der Waals surface area contributed by atoms with Gasteiger partial charge in [-0.2, -0.15) is 0 Å². The van der Waals surface area contributed by atoms with Gasteiger partial charge in [-0.25, -0.2) is 8.78 Å². The minimum absolute atomic E-state index is 0.0406. The summed E-state index contributed by atoms with van der Waals surface area (Å²) < 4.78 is 39.6. The van der Waals surface area contributed by atoms with Crippen LogP contribution in [0, 0.1) is 18.6 Å². The van der Waals surface area contributed by atoms with Gasteiger partial charge in [-0.3, -0.25) is 4.79 Å². The highest BCUT2D eigenvalue weighted by Gasteiger charge is 2.25. The quantitative estimate of drug-likeness (QED) is 0.353. The fourth-order valence-corrected chi connectivity index (χ4v) is 4.05. The normalized spacial score (nSPS) is 15.4. The molecule has 194 valence electrons. The van der Waals surface area contributed by atoms with Crippen molar-refractivity contribution in [3.05, 3.63) is 113 Å². The van der Waals surface area contributed by atoms with Crippen LogP contribution in [0.5, 0.6) is 5.75 Å². The third-order valence-electron chi connectivity index (χ3n) is 6.03. The van der Waals surface area contributed by atoms with E-state index in [4.69, 9.17) is 9.47 Å². The molecule has 0 spiro atoms. The van der Waals surface area contributed by atoms with E-state index in [1.165, 1.54) is 17.9 Å². The Labute approximate surface area is 215 Å². The number of halogens is 2. The highest BCUT2D eigenvalue weighted by atomic mass is 19.1. The lowest BCUT2D eigenvalue weighted by atomic mass is 10.1. The Balaban J connectivity index is 1.38. The molecule has 1 amide bonds. The van der Waals surface area contributed by atoms with Crippen molar-refractivity contribution < 1.29 is 23.0 Å². The van der Waals surface area contributed by atoms with Crippen LogP contribution in [0.25, 0.3) is 0 Å². The van der Waals surface area contributed by atoms with Crippen molar-refractivity contribution in [3.8, 4) is 5.75 Å². The molecule has 4 rings (SSSR count). The maximum atomic E-state index is 14.5. The lowest BCUT2D eigenvalue weighted by molar-refractivity contribution is -0.118. The van der Waals surface area contributed by atoms with Crippen LogP contribution in [0.4, 0.5) is 8.78 Å². The number of rotatable bonds is 11. The second-order valence-corrected chi connectivity index (χ2v) is 8.89. The molecule has 3 N–H and O–H groups in total. The molecule has 3 aromatic rings. The molecule has 0 aliphatic carbocycles. The van der Waals surface area contributed by atoms with Crippen LogP contribution in [0.15, 0.2) is 78.7 Å². The number of ether oxygens (including phenoxy) is 2. The minimum Gasteiger partial charge on any atom is -0.484 e. The van der Waals surface area contributed by atoms with Crippen molar-refractivity contribution in [1.82, 2.24) is 16.0 Å². The van der Waals surface area contributed by atoms with E-state index in [2.05, 4.69) is 35.0 Å². The summed E-state index contributed by atoms with van der Waals surface area (Å²) in [6.45, 7) is 4.66. The first-order valence-corrected chi connectivity index (χ1v) is 12.3. The van der Waals surface area contributed by atoms with Crippen molar-refractivity contribution in [3.63, 3.8) is 0 Å². The van der Waals surface area contributed by atoms with Gasteiger partial charge >= 0.3 is 0 Å². The Morgan fingerprint density at radius 1 is 1.05 bits per heavy atom. The van der Waals surface area contributed by atoms with E-state index < -0.39 is 24.0 Å². The molecule has 1 aliphatic heterocycles. The predicted molar refractivity (Wildman–Crippen MR) is 138 cm³/mol. The van der Waals surface area contributed by atoms with Gasteiger partial charge in [-0.15, -0.1) is 0 Å². The molecule has 0 saturated heterocycles. The highest BCUT2D eigenvalue weighted by Crippen LogP contribution is 2.25. The van der Waals surface area contributed by atoms with Crippen molar-refractivity contribution in [2.75, 3.05) is 13.1 Å². The fourth-order valence-electron chi connectivity index (χ4n) is 4.05. The molecule has 0 bridgehead atoms. The number of hydrogen-bond donors (Lipinski definition) is 3. The molecule has 0 fully saturated rings. The first kappa shape index (κ1) is 26.2. The Hall–Kier alpha value is -3.91. The molecule has 3 aromatic carbocycles. The van der Waals surface area contributed by atoms with Gasteiger partial charge in [-0.05, 0) is 36.1 Å². The standard InChI is InChI=1S/C29H31F2N3O3/c1-3-20-8-7-9-21(13-20)15-32-16-24(37-27-19(2)12-23(30)14-25(27)31)17-33-28(35)26-18-36-29(34-26)22-10-5-4-6-11-22/h4-14,18,24,29,32,34H,3,15-17H2,1-2H3,(H,33,35)/t24-,29?/m1/s1. The largest absolute Gasteiger partial charge is 0.484 e. The molecule has 0 aromatic heterocycles. The third-order valence-corrected chi connectivity index (χ3v) is 6.03. The molecule has 0 radical (unpaired) electrons. The SMILES string of the molecule is CCc1cccc(CNC[C@H](CNC(=O)C2=COC(c3ccccc3)N2)Oc2c(C)cc(F)cc2F)c1. The van der Waals surface area contributed by atoms with E-state index in [9.17, 15) is 13.6 Å². The zero-order chi connectivity index (χ0) is 26.2. The van der Waals surface area contributed by atoms with E-state index in [0.717, 1.165) is 23.6 Å². The molecule has 1 unspecified atom stereocenters. The number of carbonyl (C=O) groups excluding carboxylic acids is 1. The van der Waals surface area contributed by atoms with Gasteiger partial charge in [0.25, 0.3) is 5.91 Å². The van der Waals surface area contributed by atoms with E-state index in [1.807, 2.05) is 42.5 Å². The molecular formula is C29H31F2N3O3. The van der Waals surface area contributed by atoms with Crippen LogP contribution < -0.4 is 20.7 Å². The third kappa shape index (κ3) is 7.07. The van der Waals surface area contributed by atoms with Crippen molar-refractivity contribution >= 4 is 5.91 Å². The lowest BCUT2D eigenvalue weighted by Crippen LogP contribution is -2.43. The van der Waals surface area contributed by atoms with Gasteiger partial charge in [0.15, 0.2) is 17.8 Å². The first-order valence-electron chi connectivity index (χ1n) is 12.3. The number of nitrogens with one attached hydrogen (secondary N) is 3. The molecule has 8 heteroatoms. The topological polar surface area (TPSA) is 71.6 Å². The van der Waals surface area contributed by atoms with E-state index in [0.29, 0.717) is 18.7 Å². The van der Waals surface area contributed by atoms with Crippen LogP contribution >= 0.6 is 0 Å². The Kier molecular flexibility index (Phi) is 8.74. The van der Waals surface area contributed by atoms with E-state index >= 15 is 0 Å². The average Bonchev–Trinajstić information content (AvgIpc) is 3.40. The van der Waals surface area contributed by atoms with Gasteiger partial charge in [0.05, 0.1) is 6.54 Å². The molecule has 6 nitrogen and oxygen atoms in total. The van der Waals surface area contributed by atoms with Crippen LogP contribution in [0.2, 0.25) is 0 Å². The smallest absolute Gasteiger partial charge is 0.270 e. The zero-order valence-electron chi connectivity index (χ0n) is 20.9. The number of carbonyl (C=O) groups is 1. The second-order valence-electron chi connectivity index (χ2n) is 8.89. The van der Waals surface area contributed by atoms with Crippen LogP contribution in [-0.2, 0) is 22.5 Å². The summed E-state index contributed by atoms with van der Waals surface area (Å²) in [6.07, 6.45) is 1.24. The number of hydrogen-bond acceptors (Lipinski definition) is 5. The summed E-state index contributed by atoms with van der Waals surface area (Å²) in [5, 5.41) is 9.19.